The van der Waals surface area contributed by atoms with Crippen molar-refractivity contribution in [3.63, 3.8) is 0 Å². The summed E-state index contributed by atoms with van der Waals surface area (Å²) in [6.45, 7) is 3.58. The summed E-state index contributed by atoms with van der Waals surface area (Å²) in [5.41, 5.74) is 0.689. The minimum Gasteiger partial charge on any atom is -0.381 e. The van der Waals surface area contributed by atoms with Crippen LogP contribution in [-0.4, -0.2) is 79.3 Å². The molecule has 0 radical (unpaired) electrons. The topological polar surface area (TPSA) is 68.5 Å². The van der Waals surface area contributed by atoms with Crippen LogP contribution in [0.25, 0.3) is 11.0 Å². The molecule has 0 atom stereocenters. The van der Waals surface area contributed by atoms with E-state index in [1.54, 1.807) is 13.2 Å². The lowest BCUT2D eigenvalue weighted by Crippen LogP contribution is -2.37. The van der Waals surface area contributed by atoms with Crippen molar-refractivity contribution in [3.05, 3.63) is 6.20 Å². The van der Waals surface area contributed by atoms with Crippen molar-refractivity contribution in [2.45, 2.75) is 25.3 Å². The van der Waals surface area contributed by atoms with Crippen LogP contribution < -0.4 is 9.80 Å². The van der Waals surface area contributed by atoms with Gasteiger partial charge in [0.2, 0.25) is 5.95 Å². The molecule has 0 N–H and O–H groups in total. The predicted octanol–water partition coefficient (Wildman–Crippen LogP) is 1.72. The molecule has 4 rings (SSSR count). The molecular weight excluding hydrogens is 358 g/mol. The van der Waals surface area contributed by atoms with Crippen molar-refractivity contribution in [1.29, 1.82) is 0 Å². The van der Waals surface area contributed by atoms with Crippen molar-refractivity contribution in [2.24, 2.45) is 0 Å². The summed E-state index contributed by atoms with van der Waals surface area (Å²) in [4.78, 5) is 12.7. The Bertz CT molecular complexity index is 774. The van der Waals surface area contributed by atoms with Gasteiger partial charge in [0.05, 0.1) is 37.4 Å². The van der Waals surface area contributed by atoms with E-state index in [0.29, 0.717) is 45.2 Å². The van der Waals surface area contributed by atoms with Crippen LogP contribution in [0, 0.1) is 0 Å². The van der Waals surface area contributed by atoms with Gasteiger partial charge in [0.15, 0.2) is 5.65 Å². The fourth-order valence-electron chi connectivity index (χ4n) is 3.57. The summed E-state index contributed by atoms with van der Waals surface area (Å²) in [7, 11) is 1.59. The lowest BCUT2D eigenvalue weighted by atomic mass is 10.1. The van der Waals surface area contributed by atoms with E-state index >= 15 is 0 Å². The highest BCUT2D eigenvalue weighted by Crippen LogP contribution is 2.31. The number of aromatic nitrogens is 4. The van der Waals surface area contributed by atoms with Gasteiger partial charge in [-0.05, 0) is 12.8 Å². The first-order valence-electron chi connectivity index (χ1n) is 9.28. The lowest BCUT2D eigenvalue weighted by molar-refractivity contribution is 0.0673. The molecule has 2 saturated heterocycles. The Balaban J connectivity index is 1.77. The monoisotopic (exact) mass is 382 g/mol. The van der Waals surface area contributed by atoms with E-state index in [4.69, 9.17) is 9.47 Å². The molecule has 2 aliphatic heterocycles. The smallest absolute Gasteiger partial charge is 0.255 e. The van der Waals surface area contributed by atoms with Crippen LogP contribution in [0.5, 0.6) is 0 Å². The molecule has 2 aromatic heterocycles. The molecule has 2 fully saturated rings. The molecule has 2 aromatic rings. The van der Waals surface area contributed by atoms with Gasteiger partial charge in [-0.1, -0.05) is 0 Å². The largest absolute Gasteiger partial charge is 0.381 e. The van der Waals surface area contributed by atoms with Crippen LogP contribution in [0.4, 0.5) is 20.5 Å². The molecule has 0 aliphatic carbocycles. The first-order valence-corrected chi connectivity index (χ1v) is 9.28. The van der Waals surface area contributed by atoms with Crippen molar-refractivity contribution < 1.29 is 18.3 Å². The van der Waals surface area contributed by atoms with Crippen LogP contribution in [0.3, 0.4) is 0 Å². The van der Waals surface area contributed by atoms with Crippen molar-refractivity contribution in [2.75, 3.05) is 62.9 Å². The molecule has 0 bridgehead atoms. The Kier molecular flexibility index (Phi) is 5.35. The molecule has 0 unspecified atom stereocenters. The Morgan fingerprint density at radius 1 is 1.15 bits per heavy atom. The second-order valence-electron chi connectivity index (χ2n) is 6.89. The minimum atomic E-state index is -2.46. The van der Waals surface area contributed by atoms with E-state index in [1.165, 1.54) is 4.90 Å². The van der Waals surface area contributed by atoms with Gasteiger partial charge >= 0.3 is 0 Å². The molecule has 27 heavy (non-hydrogen) atoms. The van der Waals surface area contributed by atoms with Crippen LogP contribution in [0.2, 0.25) is 0 Å². The summed E-state index contributed by atoms with van der Waals surface area (Å²) >= 11 is 0. The van der Waals surface area contributed by atoms with Gasteiger partial charge in [0.1, 0.15) is 5.82 Å². The summed E-state index contributed by atoms with van der Waals surface area (Å²) in [6.07, 6.45) is 1.04. The fraction of sp³-hybridized carbons (Fsp3) is 0.706. The number of nitrogens with zero attached hydrogens (tertiary/aromatic N) is 6. The zero-order chi connectivity index (χ0) is 18.8. The minimum absolute atomic E-state index is 0.192. The van der Waals surface area contributed by atoms with Gasteiger partial charge in [0.25, 0.3) is 6.43 Å². The highest BCUT2D eigenvalue weighted by atomic mass is 19.3. The first kappa shape index (κ1) is 18.3. The third kappa shape index (κ3) is 3.81. The van der Waals surface area contributed by atoms with Gasteiger partial charge in [-0.2, -0.15) is 15.1 Å². The Hall–Kier alpha value is -2.07. The maximum absolute atomic E-state index is 12.9. The van der Waals surface area contributed by atoms with E-state index in [2.05, 4.69) is 20.0 Å². The molecule has 0 saturated carbocycles. The second kappa shape index (κ2) is 7.89. The highest BCUT2D eigenvalue weighted by Gasteiger charge is 2.25. The van der Waals surface area contributed by atoms with E-state index in [0.717, 1.165) is 24.0 Å². The Morgan fingerprint density at radius 2 is 1.85 bits per heavy atom. The number of anilines is 2. The molecule has 8 nitrogen and oxygen atoms in total. The average Bonchev–Trinajstić information content (AvgIpc) is 3.12. The summed E-state index contributed by atoms with van der Waals surface area (Å²) in [5, 5.41) is 5.41. The molecule has 2 aliphatic rings. The second-order valence-corrected chi connectivity index (χ2v) is 6.89. The Labute approximate surface area is 156 Å². The van der Waals surface area contributed by atoms with Crippen LogP contribution in [0.1, 0.15) is 18.9 Å². The van der Waals surface area contributed by atoms with Gasteiger partial charge < -0.3 is 19.3 Å². The molecule has 4 heterocycles. The summed E-state index contributed by atoms with van der Waals surface area (Å²) < 4.78 is 38.6. The van der Waals surface area contributed by atoms with Crippen LogP contribution in [-0.2, 0) is 9.47 Å². The highest BCUT2D eigenvalue weighted by molar-refractivity contribution is 5.88. The van der Waals surface area contributed by atoms with E-state index in [-0.39, 0.29) is 12.0 Å². The first-order chi connectivity index (χ1) is 13.1. The van der Waals surface area contributed by atoms with E-state index in [9.17, 15) is 8.78 Å². The van der Waals surface area contributed by atoms with E-state index < -0.39 is 13.0 Å². The van der Waals surface area contributed by atoms with Crippen LogP contribution in [0.15, 0.2) is 6.20 Å². The maximum Gasteiger partial charge on any atom is 0.255 e. The standard InChI is InChI=1S/C17H24F2N6O2/c1-23(11-14(18)19)17-21-15(24-4-8-27-9-5-24)13-10-20-25(16(13)22-17)12-2-6-26-7-3-12/h10,12,14H,2-9,11H2,1H3. The molecule has 10 heteroatoms. The van der Waals surface area contributed by atoms with E-state index in [1.807, 2.05) is 4.68 Å². The predicted molar refractivity (Wildman–Crippen MR) is 96.7 cm³/mol. The average molecular weight is 382 g/mol. The molecule has 0 spiro atoms. The molecule has 148 valence electrons. The third-order valence-electron chi connectivity index (χ3n) is 5.02. The molecule has 0 amide bonds. The normalized spacial score (nSPS) is 19.2. The van der Waals surface area contributed by atoms with Crippen molar-refractivity contribution in [3.8, 4) is 0 Å². The number of morpholine rings is 1. The van der Waals surface area contributed by atoms with Crippen molar-refractivity contribution in [1.82, 2.24) is 19.7 Å². The molecular formula is C17H24F2N6O2. The SMILES string of the molecule is CN(CC(F)F)c1nc(N2CCOCC2)c2cnn(C3CCOCC3)c2n1. The van der Waals surface area contributed by atoms with Crippen molar-refractivity contribution >= 4 is 22.8 Å². The zero-order valence-corrected chi connectivity index (χ0v) is 15.4. The zero-order valence-electron chi connectivity index (χ0n) is 15.4. The number of ether oxygens (including phenoxy) is 2. The Morgan fingerprint density at radius 3 is 2.56 bits per heavy atom. The van der Waals surface area contributed by atoms with Gasteiger partial charge in [-0.15, -0.1) is 0 Å². The third-order valence-corrected chi connectivity index (χ3v) is 5.02. The van der Waals surface area contributed by atoms with Crippen LogP contribution >= 0.6 is 0 Å². The number of hydrogen-bond acceptors (Lipinski definition) is 7. The van der Waals surface area contributed by atoms with Gasteiger partial charge in [-0.3, -0.25) is 0 Å². The summed E-state index contributed by atoms with van der Waals surface area (Å²) in [6, 6.07) is 0.192. The number of rotatable bonds is 5. The number of hydrogen-bond donors (Lipinski definition) is 0. The molecule has 0 aromatic carbocycles. The maximum atomic E-state index is 12.9. The number of fused-ring (bicyclic) bond motifs is 1. The summed E-state index contributed by atoms with van der Waals surface area (Å²) in [5.74, 6) is 1.02. The quantitative estimate of drug-likeness (QED) is 0.780. The van der Waals surface area contributed by atoms with Gasteiger partial charge in [0, 0.05) is 33.4 Å². The number of halogens is 2. The van der Waals surface area contributed by atoms with Gasteiger partial charge in [-0.25, -0.2) is 13.5 Å². The number of alkyl halides is 2. The fourth-order valence-corrected chi connectivity index (χ4v) is 3.57. The lowest BCUT2D eigenvalue weighted by Gasteiger charge is -2.29.